The first-order chi connectivity index (χ1) is 17.3. The monoisotopic (exact) mass is 512 g/mol. The third kappa shape index (κ3) is 4.67. The Kier molecular flexibility index (Phi) is 6.54. The van der Waals surface area contributed by atoms with E-state index in [4.69, 9.17) is 0 Å². The molecule has 4 aromatic rings. The summed E-state index contributed by atoms with van der Waals surface area (Å²) in [4.78, 5) is 0. The summed E-state index contributed by atoms with van der Waals surface area (Å²) in [5.41, 5.74) is -1.23. The van der Waals surface area contributed by atoms with Crippen LogP contribution in [0.5, 0.6) is 23.0 Å². The van der Waals surface area contributed by atoms with E-state index in [1.807, 2.05) is 0 Å². The highest BCUT2D eigenvalue weighted by molar-refractivity contribution is 5.49. The molecule has 0 aromatic heterocycles. The summed E-state index contributed by atoms with van der Waals surface area (Å²) in [6.07, 6.45) is -0.0249. The zero-order chi connectivity index (χ0) is 27.1. The van der Waals surface area contributed by atoms with E-state index in [1.165, 1.54) is 24.3 Å². The first-order valence-corrected chi connectivity index (χ1v) is 11.3. The molecule has 0 saturated carbocycles. The third-order valence-electron chi connectivity index (χ3n) is 7.05. The van der Waals surface area contributed by atoms with E-state index in [1.54, 1.807) is 13.8 Å². The van der Waals surface area contributed by atoms with Crippen LogP contribution in [-0.4, -0.2) is 20.4 Å². The number of phenols is 4. The summed E-state index contributed by atoms with van der Waals surface area (Å²) < 4.78 is 58.1. The zero-order valence-electron chi connectivity index (χ0n) is 19.9. The van der Waals surface area contributed by atoms with Gasteiger partial charge in [-0.2, -0.15) is 0 Å². The molecule has 0 saturated heterocycles. The van der Waals surface area contributed by atoms with Gasteiger partial charge in [0.05, 0.1) is 0 Å². The highest BCUT2D eigenvalue weighted by atomic mass is 19.1. The van der Waals surface area contributed by atoms with Crippen LogP contribution < -0.4 is 0 Å². The predicted molar refractivity (Wildman–Crippen MR) is 130 cm³/mol. The van der Waals surface area contributed by atoms with Crippen molar-refractivity contribution in [3.8, 4) is 23.0 Å². The molecule has 0 fully saturated rings. The summed E-state index contributed by atoms with van der Waals surface area (Å²) in [5, 5.41) is 39.1. The molecule has 0 spiro atoms. The van der Waals surface area contributed by atoms with E-state index in [-0.39, 0.29) is 6.42 Å². The average molecular weight is 512 g/mol. The number of halogens is 4. The molecular weight excluding hydrogens is 488 g/mol. The highest BCUT2D eigenvalue weighted by Crippen LogP contribution is 2.48. The smallest absolute Gasteiger partial charge is 0.165 e. The van der Waals surface area contributed by atoms with Gasteiger partial charge in [0.25, 0.3) is 0 Å². The van der Waals surface area contributed by atoms with Crippen molar-refractivity contribution in [2.75, 3.05) is 0 Å². The van der Waals surface area contributed by atoms with Crippen molar-refractivity contribution in [2.24, 2.45) is 0 Å². The summed E-state index contributed by atoms with van der Waals surface area (Å²) in [6.45, 7) is 3.35. The van der Waals surface area contributed by atoms with E-state index < -0.39 is 57.1 Å². The molecule has 4 aromatic carbocycles. The second-order valence-corrected chi connectivity index (χ2v) is 9.51. The fourth-order valence-electron chi connectivity index (χ4n) is 4.85. The van der Waals surface area contributed by atoms with E-state index in [0.29, 0.717) is 22.3 Å². The van der Waals surface area contributed by atoms with Crippen molar-refractivity contribution < 1.29 is 38.0 Å². The minimum atomic E-state index is -1.25. The molecule has 0 aliphatic heterocycles. The summed E-state index contributed by atoms with van der Waals surface area (Å²) >= 11 is 0. The van der Waals surface area contributed by atoms with Gasteiger partial charge in [-0.15, -0.1) is 0 Å². The fourth-order valence-corrected chi connectivity index (χ4v) is 4.85. The molecule has 0 bridgehead atoms. The van der Waals surface area contributed by atoms with Crippen molar-refractivity contribution in [3.05, 3.63) is 118 Å². The van der Waals surface area contributed by atoms with Gasteiger partial charge in [0, 0.05) is 10.8 Å². The Balaban J connectivity index is 2.01. The van der Waals surface area contributed by atoms with Gasteiger partial charge in [-0.3, -0.25) is 0 Å². The van der Waals surface area contributed by atoms with Crippen molar-refractivity contribution >= 4 is 0 Å². The number of benzene rings is 4. The molecule has 8 heteroatoms. The SMILES string of the molecule is CC(CC(C)(c1ccc(O)c(F)c1)c1ccc(O)c(F)c1)(c1ccc(O)c(F)c1)c1ccc(O)c(F)c1. The van der Waals surface area contributed by atoms with Gasteiger partial charge in [0.15, 0.2) is 46.3 Å². The van der Waals surface area contributed by atoms with Crippen molar-refractivity contribution in [2.45, 2.75) is 31.1 Å². The van der Waals surface area contributed by atoms with Crippen molar-refractivity contribution in [3.63, 3.8) is 0 Å². The Morgan fingerprint density at radius 1 is 0.459 bits per heavy atom. The second-order valence-electron chi connectivity index (χ2n) is 9.51. The van der Waals surface area contributed by atoms with Gasteiger partial charge in [-0.25, -0.2) is 17.6 Å². The first kappa shape index (κ1) is 25.9. The van der Waals surface area contributed by atoms with Crippen LogP contribution in [0, 0.1) is 23.3 Å². The van der Waals surface area contributed by atoms with Gasteiger partial charge < -0.3 is 20.4 Å². The van der Waals surface area contributed by atoms with Crippen LogP contribution in [0.25, 0.3) is 0 Å². The lowest BCUT2D eigenvalue weighted by atomic mass is 9.61. The summed E-state index contributed by atoms with van der Waals surface area (Å²) in [7, 11) is 0. The molecule has 0 aliphatic carbocycles. The third-order valence-corrected chi connectivity index (χ3v) is 7.05. The van der Waals surface area contributed by atoms with Crippen LogP contribution in [0.2, 0.25) is 0 Å². The molecule has 0 heterocycles. The van der Waals surface area contributed by atoms with Crippen LogP contribution in [0.1, 0.15) is 42.5 Å². The molecule has 0 amide bonds. The normalized spacial score (nSPS) is 12.1. The van der Waals surface area contributed by atoms with Gasteiger partial charge in [0.2, 0.25) is 0 Å². The average Bonchev–Trinajstić information content (AvgIpc) is 2.85. The molecular formula is C29H24F4O4. The topological polar surface area (TPSA) is 80.9 Å². The Hall–Kier alpha value is -4.20. The van der Waals surface area contributed by atoms with Crippen LogP contribution in [0.3, 0.4) is 0 Å². The molecule has 37 heavy (non-hydrogen) atoms. The number of phenolic OH excluding ortho intramolecular Hbond substituents is 4. The number of hydrogen-bond donors (Lipinski definition) is 4. The number of aromatic hydroxyl groups is 4. The first-order valence-electron chi connectivity index (χ1n) is 11.3. The maximum absolute atomic E-state index is 14.5. The summed E-state index contributed by atoms with van der Waals surface area (Å²) in [5.74, 6) is -6.04. The van der Waals surface area contributed by atoms with Gasteiger partial charge in [-0.1, -0.05) is 38.1 Å². The van der Waals surface area contributed by atoms with Gasteiger partial charge in [-0.05, 0) is 77.2 Å². The standard InChI is InChI=1S/C29H24F4O4/c1-28(16-3-7-24(34)20(30)11-16,17-4-8-25(35)21(31)12-17)15-29(2,18-5-9-26(36)22(32)13-18)19-6-10-27(37)23(33)14-19/h3-14,34-37H,15H2,1-2H3. The van der Waals surface area contributed by atoms with E-state index in [2.05, 4.69) is 0 Å². The lowest BCUT2D eigenvalue weighted by Crippen LogP contribution is -2.36. The second kappa shape index (κ2) is 9.35. The molecule has 4 nitrogen and oxygen atoms in total. The Morgan fingerprint density at radius 3 is 0.865 bits per heavy atom. The molecule has 0 unspecified atom stereocenters. The highest BCUT2D eigenvalue weighted by Gasteiger charge is 2.41. The Labute approximate surface area is 210 Å². The van der Waals surface area contributed by atoms with Crippen LogP contribution >= 0.6 is 0 Å². The van der Waals surface area contributed by atoms with Crippen LogP contribution in [0.15, 0.2) is 72.8 Å². The quantitative estimate of drug-likeness (QED) is 0.215. The maximum Gasteiger partial charge on any atom is 0.165 e. The van der Waals surface area contributed by atoms with Crippen LogP contribution in [-0.2, 0) is 10.8 Å². The number of hydrogen-bond acceptors (Lipinski definition) is 4. The van der Waals surface area contributed by atoms with Crippen molar-refractivity contribution in [1.29, 1.82) is 0 Å². The molecule has 0 radical (unpaired) electrons. The van der Waals surface area contributed by atoms with Gasteiger partial charge in [0.1, 0.15) is 0 Å². The fraction of sp³-hybridized carbons (Fsp3) is 0.172. The van der Waals surface area contributed by atoms with Crippen molar-refractivity contribution in [1.82, 2.24) is 0 Å². The maximum atomic E-state index is 14.5. The lowest BCUT2D eigenvalue weighted by molar-refractivity contribution is 0.378. The number of rotatable bonds is 6. The van der Waals surface area contributed by atoms with E-state index in [0.717, 1.165) is 48.5 Å². The van der Waals surface area contributed by atoms with Crippen LogP contribution in [0.4, 0.5) is 17.6 Å². The Bertz CT molecular complexity index is 1270. The molecule has 0 aliphatic rings. The minimum Gasteiger partial charge on any atom is -0.505 e. The lowest BCUT2D eigenvalue weighted by Gasteiger charge is -2.41. The largest absolute Gasteiger partial charge is 0.505 e. The summed E-state index contributed by atoms with van der Waals surface area (Å²) in [6, 6.07) is 14.8. The van der Waals surface area contributed by atoms with E-state index in [9.17, 15) is 38.0 Å². The Morgan fingerprint density at radius 2 is 0.676 bits per heavy atom. The predicted octanol–water partition coefficient (Wildman–Crippen LogP) is 6.77. The van der Waals surface area contributed by atoms with E-state index >= 15 is 0 Å². The molecule has 4 N–H and O–H groups in total. The molecule has 0 atom stereocenters. The molecule has 4 rings (SSSR count). The van der Waals surface area contributed by atoms with Gasteiger partial charge >= 0.3 is 0 Å². The minimum absolute atomic E-state index is 0.0249. The molecule has 192 valence electrons. The zero-order valence-corrected chi connectivity index (χ0v) is 19.9.